The van der Waals surface area contributed by atoms with E-state index in [0.717, 1.165) is 18.3 Å². The molecule has 19 heavy (non-hydrogen) atoms. The summed E-state index contributed by atoms with van der Waals surface area (Å²) in [5.74, 6) is 2.46. The molecule has 0 bridgehead atoms. The Labute approximate surface area is 106 Å². The van der Waals surface area contributed by atoms with Crippen molar-refractivity contribution < 1.29 is 13.2 Å². The van der Waals surface area contributed by atoms with Crippen LogP contribution in [-0.2, 0) is 6.54 Å². The van der Waals surface area contributed by atoms with Crippen LogP contribution < -0.4 is 16.6 Å². The van der Waals surface area contributed by atoms with Crippen LogP contribution in [0.4, 0.5) is 24.9 Å². The van der Waals surface area contributed by atoms with Gasteiger partial charge in [-0.3, -0.25) is 5.43 Å². The summed E-state index contributed by atoms with van der Waals surface area (Å²) in [5, 5.41) is 2.64. The van der Waals surface area contributed by atoms with Crippen molar-refractivity contribution in [3.8, 4) is 0 Å². The van der Waals surface area contributed by atoms with Gasteiger partial charge in [0.25, 0.3) is 0 Å². The van der Waals surface area contributed by atoms with Gasteiger partial charge >= 0.3 is 0 Å². The summed E-state index contributed by atoms with van der Waals surface area (Å²) in [6.45, 7) is 0.0785. The Bertz CT molecular complexity index is 591. The summed E-state index contributed by atoms with van der Waals surface area (Å²) >= 11 is 0. The van der Waals surface area contributed by atoms with Crippen molar-refractivity contribution in [3.63, 3.8) is 0 Å². The number of hydrogen-bond acceptors (Lipinski definition) is 5. The maximum Gasteiger partial charge on any atom is 0.239 e. The number of nitrogens with one attached hydrogen (secondary N) is 2. The molecule has 1 aromatic heterocycles. The van der Waals surface area contributed by atoms with Crippen LogP contribution in [0.2, 0.25) is 0 Å². The minimum Gasteiger partial charge on any atom is -0.363 e. The number of hydrogen-bond donors (Lipinski definition) is 3. The first-order valence-electron chi connectivity index (χ1n) is 5.27. The Morgan fingerprint density at radius 3 is 2.58 bits per heavy atom. The summed E-state index contributed by atoms with van der Waals surface area (Å²) in [6.07, 6.45) is 0.940. The third-order valence-electron chi connectivity index (χ3n) is 2.32. The van der Waals surface area contributed by atoms with E-state index in [9.17, 15) is 13.2 Å². The van der Waals surface area contributed by atoms with E-state index in [0.29, 0.717) is 5.56 Å². The van der Waals surface area contributed by atoms with Crippen LogP contribution in [0.15, 0.2) is 24.4 Å². The molecule has 0 aliphatic heterocycles. The Morgan fingerprint density at radius 1 is 1.11 bits per heavy atom. The van der Waals surface area contributed by atoms with E-state index >= 15 is 0 Å². The van der Waals surface area contributed by atoms with Gasteiger partial charge in [-0.15, -0.1) is 0 Å². The van der Waals surface area contributed by atoms with Gasteiger partial charge < -0.3 is 5.32 Å². The van der Waals surface area contributed by atoms with Gasteiger partial charge in [-0.2, -0.15) is 4.98 Å². The molecule has 0 atom stereocenters. The van der Waals surface area contributed by atoms with Crippen LogP contribution in [-0.4, -0.2) is 9.97 Å². The van der Waals surface area contributed by atoms with E-state index in [4.69, 9.17) is 5.84 Å². The maximum atomic E-state index is 13.4. The van der Waals surface area contributed by atoms with Crippen LogP contribution in [0.1, 0.15) is 5.56 Å². The number of nitrogen functional groups attached to an aromatic ring is 1. The van der Waals surface area contributed by atoms with Crippen molar-refractivity contribution in [1.29, 1.82) is 0 Å². The van der Waals surface area contributed by atoms with Gasteiger partial charge in [0.15, 0.2) is 23.3 Å². The van der Waals surface area contributed by atoms with Crippen molar-refractivity contribution in [1.82, 2.24) is 9.97 Å². The molecule has 0 amide bonds. The highest BCUT2D eigenvalue weighted by molar-refractivity contribution is 5.41. The van der Waals surface area contributed by atoms with Gasteiger partial charge in [0.2, 0.25) is 5.95 Å². The van der Waals surface area contributed by atoms with Crippen LogP contribution in [0.5, 0.6) is 0 Å². The molecule has 0 fully saturated rings. The minimum atomic E-state index is -0.966. The molecule has 100 valence electrons. The van der Waals surface area contributed by atoms with E-state index in [1.54, 1.807) is 0 Å². The molecule has 2 aromatic rings. The standard InChI is InChI=1S/C11H10F3N5/c12-7-2-1-6(3-8(7)13)4-16-10-9(14)5-17-11(18-10)19-15/h1-3,5H,4,15H2,(H2,16,17,18,19). The molecule has 5 nitrogen and oxygen atoms in total. The lowest BCUT2D eigenvalue weighted by molar-refractivity contribution is 0.507. The quantitative estimate of drug-likeness (QED) is 0.583. The molecular weight excluding hydrogens is 259 g/mol. The summed E-state index contributed by atoms with van der Waals surface area (Å²) in [5.41, 5.74) is 2.61. The van der Waals surface area contributed by atoms with E-state index in [-0.39, 0.29) is 18.3 Å². The zero-order chi connectivity index (χ0) is 13.8. The average molecular weight is 269 g/mol. The van der Waals surface area contributed by atoms with E-state index in [1.807, 2.05) is 0 Å². The summed E-state index contributed by atoms with van der Waals surface area (Å²) < 4.78 is 39.1. The summed E-state index contributed by atoms with van der Waals surface area (Å²) in [4.78, 5) is 7.31. The lowest BCUT2D eigenvalue weighted by Gasteiger charge is -2.08. The van der Waals surface area contributed by atoms with Gasteiger partial charge in [0.05, 0.1) is 6.20 Å². The highest BCUT2D eigenvalue weighted by Gasteiger charge is 2.07. The zero-order valence-electron chi connectivity index (χ0n) is 9.62. The summed E-state index contributed by atoms with van der Waals surface area (Å²) in [7, 11) is 0. The monoisotopic (exact) mass is 269 g/mol. The molecule has 4 N–H and O–H groups in total. The van der Waals surface area contributed by atoms with Gasteiger partial charge in [0, 0.05) is 6.54 Å². The van der Waals surface area contributed by atoms with Crippen molar-refractivity contribution in [2.75, 3.05) is 10.7 Å². The second-order valence-electron chi connectivity index (χ2n) is 3.64. The van der Waals surface area contributed by atoms with Crippen molar-refractivity contribution >= 4 is 11.8 Å². The molecule has 0 saturated heterocycles. The molecule has 1 heterocycles. The third kappa shape index (κ3) is 3.10. The Kier molecular flexibility index (Phi) is 3.81. The van der Waals surface area contributed by atoms with Crippen molar-refractivity contribution in [2.45, 2.75) is 6.54 Å². The van der Waals surface area contributed by atoms with Gasteiger partial charge in [-0.1, -0.05) is 6.07 Å². The molecule has 0 radical (unpaired) electrons. The highest BCUT2D eigenvalue weighted by Crippen LogP contribution is 2.14. The highest BCUT2D eigenvalue weighted by atomic mass is 19.2. The molecule has 0 spiro atoms. The number of anilines is 2. The smallest absolute Gasteiger partial charge is 0.239 e. The Hall–Kier alpha value is -2.35. The van der Waals surface area contributed by atoms with Crippen molar-refractivity contribution in [2.24, 2.45) is 5.84 Å². The Morgan fingerprint density at radius 2 is 1.89 bits per heavy atom. The first kappa shape index (κ1) is 13.1. The van der Waals surface area contributed by atoms with Crippen LogP contribution in [0.25, 0.3) is 0 Å². The van der Waals surface area contributed by atoms with E-state index in [1.165, 1.54) is 6.07 Å². The fraction of sp³-hybridized carbons (Fsp3) is 0.0909. The predicted octanol–water partition coefficient (Wildman–Crippen LogP) is 1.79. The molecule has 0 unspecified atom stereocenters. The molecule has 2 rings (SSSR count). The molecular formula is C11H10F3N5. The number of rotatable bonds is 4. The first-order chi connectivity index (χ1) is 9.10. The molecule has 0 aliphatic rings. The minimum absolute atomic E-state index is 0.0363. The average Bonchev–Trinajstić information content (AvgIpc) is 2.41. The topological polar surface area (TPSA) is 75.9 Å². The van der Waals surface area contributed by atoms with Gasteiger partial charge in [0.1, 0.15) is 0 Å². The number of hydrazine groups is 1. The summed E-state index contributed by atoms with van der Waals surface area (Å²) in [6, 6.07) is 3.39. The first-order valence-corrected chi connectivity index (χ1v) is 5.27. The Balaban J connectivity index is 2.11. The number of nitrogens with zero attached hydrogens (tertiary/aromatic N) is 2. The number of halogens is 3. The third-order valence-corrected chi connectivity index (χ3v) is 2.32. The number of aromatic nitrogens is 2. The molecule has 0 aliphatic carbocycles. The fourth-order valence-electron chi connectivity index (χ4n) is 1.40. The molecule has 0 saturated carbocycles. The normalized spacial score (nSPS) is 10.3. The second kappa shape index (κ2) is 5.53. The second-order valence-corrected chi connectivity index (χ2v) is 3.64. The predicted molar refractivity (Wildman–Crippen MR) is 63.5 cm³/mol. The molecule has 1 aromatic carbocycles. The maximum absolute atomic E-state index is 13.4. The lowest BCUT2D eigenvalue weighted by Crippen LogP contribution is -2.13. The largest absolute Gasteiger partial charge is 0.363 e. The van der Waals surface area contributed by atoms with E-state index in [2.05, 4.69) is 20.7 Å². The lowest BCUT2D eigenvalue weighted by atomic mass is 10.2. The van der Waals surface area contributed by atoms with Crippen molar-refractivity contribution in [3.05, 3.63) is 47.4 Å². The van der Waals surface area contributed by atoms with Crippen LogP contribution in [0.3, 0.4) is 0 Å². The fourth-order valence-corrected chi connectivity index (χ4v) is 1.40. The van der Waals surface area contributed by atoms with Gasteiger partial charge in [-0.25, -0.2) is 24.0 Å². The SMILES string of the molecule is NNc1ncc(F)c(NCc2ccc(F)c(F)c2)n1. The number of benzene rings is 1. The number of nitrogens with two attached hydrogens (primary N) is 1. The van der Waals surface area contributed by atoms with Crippen LogP contribution in [0, 0.1) is 17.5 Å². The van der Waals surface area contributed by atoms with Crippen LogP contribution >= 0.6 is 0 Å². The van der Waals surface area contributed by atoms with E-state index < -0.39 is 17.5 Å². The molecule has 8 heteroatoms. The van der Waals surface area contributed by atoms with Gasteiger partial charge in [-0.05, 0) is 17.7 Å². The zero-order valence-corrected chi connectivity index (χ0v) is 9.62.